The van der Waals surface area contributed by atoms with E-state index < -0.39 is 10.0 Å². The van der Waals surface area contributed by atoms with E-state index in [9.17, 15) is 8.42 Å². The standard InChI is InChI=1S/C19H25NO4S/c1-14(2)24-18-9-8-16(11-19(18)23-4)12-20-25(21,22)13-17-7-5-6-15(3)10-17/h5-11,14,20H,12-13H2,1-4H3. The largest absolute Gasteiger partial charge is 0.493 e. The second-order valence-electron chi connectivity index (χ2n) is 6.22. The first-order chi connectivity index (χ1) is 11.8. The molecule has 0 bridgehead atoms. The van der Waals surface area contributed by atoms with Gasteiger partial charge in [0, 0.05) is 6.54 Å². The molecular formula is C19H25NO4S. The summed E-state index contributed by atoms with van der Waals surface area (Å²) >= 11 is 0. The van der Waals surface area contributed by atoms with Gasteiger partial charge in [-0.15, -0.1) is 0 Å². The van der Waals surface area contributed by atoms with Gasteiger partial charge in [0.25, 0.3) is 0 Å². The van der Waals surface area contributed by atoms with Crippen molar-refractivity contribution in [2.45, 2.75) is 39.2 Å². The molecule has 0 unspecified atom stereocenters. The maximum Gasteiger partial charge on any atom is 0.216 e. The summed E-state index contributed by atoms with van der Waals surface area (Å²) in [6.45, 7) is 6.02. The fraction of sp³-hybridized carbons (Fsp3) is 0.368. The summed E-state index contributed by atoms with van der Waals surface area (Å²) in [5.74, 6) is 1.19. The van der Waals surface area contributed by atoms with Crippen molar-refractivity contribution in [3.8, 4) is 11.5 Å². The molecule has 0 aliphatic carbocycles. The molecule has 136 valence electrons. The topological polar surface area (TPSA) is 64.6 Å². The maximum atomic E-state index is 12.3. The van der Waals surface area contributed by atoms with Gasteiger partial charge in [0.15, 0.2) is 11.5 Å². The van der Waals surface area contributed by atoms with Crippen molar-refractivity contribution in [3.05, 3.63) is 59.2 Å². The van der Waals surface area contributed by atoms with Gasteiger partial charge in [-0.2, -0.15) is 0 Å². The molecule has 1 N–H and O–H groups in total. The predicted molar refractivity (Wildman–Crippen MR) is 99.4 cm³/mol. The van der Waals surface area contributed by atoms with Gasteiger partial charge in [-0.05, 0) is 44.0 Å². The summed E-state index contributed by atoms with van der Waals surface area (Å²) in [4.78, 5) is 0. The van der Waals surface area contributed by atoms with Crippen LogP contribution in [0.2, 0.25) is 0 Å². The van der Waals surface area contributed by atoms with Gasteiger partial charge in [0.1, 0.15) is 0 Å². The van der Waals surface area contributed by atoms with Crippen LogP contribution in [0.25, 0.3) is 0 Å². The number of ether oxygens (including phenoxy) is 2. The van der Waals surface area contributed by atoms with E-state index in [0.29, 0.717) is 11.5 Å². The van der Waals surface area contributed by atoms with Gasteiger partial charge in [0.2, 0.25) is 10.0 Å². The molecule has 0 aliphatic heterocycles. The molecule has 6 heteroatoms. The van der Waals surface area contributed by atoms with Gasteiger partial charge in [-0.25, -0.2) is 13.1 Å². The van der Waals surface area contributed by atoms with E-state index in [0.717, 1.165) is 16.7 Å². The highest BCUT2D eigenvalue weighted by atomic mass is 32.2. The maximum absolute atomic E-state index is 12.3. The molecular weight excluding hydrogens is 338 g/mol. The van der Waals surface area contributed by atoms with Gasteiger partial charge in [0.05, 0.1) is 19.0 Å². The Morgan fingerprint density at radius 3 is 2.44 bits per heavy atom. The molecule has 0 atom stereocenters. The fourth-order valence-electron chi connectivity index (χ4n) is 2.44. The van der Waals surface area contributed by atoms with Crippen molar-refractivity contribution in [1.29, 1.82) is 0 Å². The SMILES string of the molecule is COc1cc(CNS(=O)(=O)Cc2cccc(C)c2)ccc1OC(C)C. The predicted octanol–water partition coefficient (Wildman–Crippen LogP) is 3.41. The minimum absolute atomic E-state index is 0.0348. The first kappa shape index (κ1) is 19.3. The Morgan fingerprint density at radius 2 is 1.80 bits per heavy atom. The molecule has 0 aromatic heterocycles. The molecule has 5 nitrogen and oxygen atoms in total. The molecule has 2 rings (SSSR count). The third-order valence-electron chi connectivity index (χ3n) is 3.53. The smallest absolute Gasteiger partial charge is 0.216 e. The van der Waals surface area contributed by atoms with Crippen LogP contribution in [0.5, 0.6) is 11.5 Å². The number of hydrogen-bond donors (Lipinski definition) is 1. The molecule has 0 amide bonds. The van der Waals surface area contributed by atoms with Crippen LogP contribution in [-0.2, 0) is 22.3 Å². The van der Waals surface area contributed by atoms with Crippen LogP contribution in [0.4, 0.5) is 0 Å². The monoisotopic (exact) mass is 363 g/mol. The van der Waals surface area contributed by atoms with E-state index in [1.54, 1.807) is 19.2 Å². The number of rotatable bonds is 8. The van der Waals surface area contributed by atoms with Crippen LogP contribution in [0.15, 0.2) is 42.5 Å². The van der Waals surface area contributed by atoms with Crippen molar-refractivity contribution >= 4 is 10.0 Å². The van der Waals surface area contributed by atoms with Crippen LogP contribution < -0.4 is 14.2 Å². The quantitative estimate of drug-likeness (QED) is 0.781. The summed E-state index contributed by atoms with van der Waals surface area (Å²) in [6.07, 6.45) is 0.0348. The number of sulfonamides is 1. The lowest BCUT2D eigenvalue weighted by Crippen LogP contribution is -2.24. The lowest BCUT2D eigenvalue weighted by Gasteiger charge is -2.15. The molecule has 0 heterocycles. The Balaban J connectivity index is 2.04. The van der Waals surface area contributed by atoms with E-state index in [4.69, 9.17) is 9.47 Å². The van der Waals surface area contributed by atoms with Crippen molar-refractivity contribution in [3.63, 3.8) is 0 Å². The first-order valence-electron chi connectivity index (χ1n) is 8.15. The third-order valence-corrected chi connectivity index (χ3v) is 4.82. The number of benzene rings is 2. The fourth-order valence-corrected chi connectivity index (χ4v) is 3.55. The lowest BCUT2D eigenvalue weighted by molar-refractivity contribution is 0.230. The highest BCUT2D eigenvalue weighted by Crippen LogP contribution is 2.29. The summed E-state index contributed by atoms with van der Waals surface area (Å²) in [5.41, 5.74) is 2.62. The van der Waals surface area contributed by atoms with Crippen LogP contribution in [0.3, 0.4) is 0 Å². The molecule has 0 saturated carbocycles. The Morgan fingerprint density at radius 1 is 1.04 bits per heavy atom. The Kier molecular flexibility index (Phi) is 6.45. The average molecular weight is 363 g/mol. The molecule has 0 aliphatic rings. The zero-order chi connectivity index (χ0) is 18.4. The van der Waals surface area contributed by atoms with E-state index in [2.05, 4.69) is 4.72 Å². The highest BCUT2D eigenvalue weighted by molar-refractivity contribution is 7.88. The average Bonchev–Trinajstić information content (AvgIpc) is 2.53. The van der Waals surface area contributed by atoms with Crippen LogP contribution in [0, 0.1) is 6.92 Å². The Hall–Kier alpha value is -2.05. The summed E-state index contributed by atoms with van der Waals surface area (Å²) in [7, 11) is -1.86. The second kappa shape index (κ2) is 8.36. The van der Waals surface area contributed by atoms with Gasteiger partial charge < -0.3 is 9.47 Å². The van der Waals surface area contributed by atoms with E-state index in [1.165, 1.54) is 0 Å². The minimum Gasteiger partial charge on any atom is -0.493 e. The molecule has 0 saturated heterocycles. The summed E-state index contributed by atoms with van der Waals surface area (Å²) in [5, 5.41) is 0. The molecule has 0 fully saturated rings. The van der Waals surface area contributed by atoms with Crippen molar-refractivity contribution < 1.29 is 17.9 Å². The van der Waals surface area contributed by atoms with E-state index in [-0.39, 0.29) is 18.4 Å². The Bertz CT molecular complexity index is 816. The Labute approximate surface area is 150 Å². The highest BCUT2D eigenvalue weighted by Gasteiger charge is 2.13. The number of aryl methyl sites for hydroxylation is 1. The zero-order valence-electron chi connectivity index (χ0n) is 15.1. The van der Waals surface area contributed by atoms with E-state index in [1.807, 2.05) is 51.1 Å². The number of hydrogen-bond acceptors (Lipinski definition) is 4. The second-order valence-corrected chi connectivity index (χ2v) is 8.03. The minimum atomic E-state index is -3.42. The molecule has 2 aromatic rings. The van der Waals surface area contributed by atoms with Crippen LogP contribution >= 0.6 is 0 Å². The van der Waals surface area contributed by atoms with E-state index >= 15 is 0 Å². The van der Waals surface area contributed by atoms with Crippen molar-refractivity contribution in [2.75, 3.05) is 7.11 Å². The van der Waals surface area contributed by atoms with Crippen LogP contribution in [-0.4, -0.2) is 21.6 Å². The summed E-state index contributed by atoms with van der Waals surface area (Å²) < 4.78 is 38.2. The molecule has 25 heavy (non-hydrogen) atoms. The van der Waals surface area contributed by atoms with Crippen molar-refractivity contribution in [1.82, 2.24) is 4.72 Å². The first-order valence-corrected chi connectivity index (χ1v) is 9.81. The van der Waals surface area contributed by atoms with Gasteiger partial charge in [-0.1, -0.05) is 35.9 Å². The zero-order valence-corrected chi connectivity index (χ0v) is 15.9. The third kappa shape index (κ3) is 6.07. The van der Waals surface area contributed by atoms with Crippen LogP contribution in [0.1, 0.15) is 30.5 Å². The molecule has 0 spiro atoms. The normalized spacial score (nSPS) is 11.6. The number of nitrogens with one attached hydrogen (secondary N) is 1. The summed E-state index contributed by atoms with van der Waals surface area (Å²) in [6, 6.07) is 12.9. The number of methoxy groups -OCH3 is 1. The van der Waals surface area contributed by atoms with Gasteiger partial charge in [-0.3, -0.25) is 0 Å². The lowest BCUT2D eigenvalue weighted by atomic mass is 10.2. The molecule has 0 radical (unpaired) electrons. The van der Waals surface area contributed by atoms with Crippen molar-refractivity contribution in [2.24, 2.45) is 0 Å². The van der Waals surface area contributed by atoms with Gasteiger partial charge >= 0.3 is 0 Å². The molecule has 2 aromatic carbocycles.